The van der Waals surface area contributed by atoms with Crippen molar-refractivity contribution in [2.24, 2.45) is 0 Å². The van der Waals surface area contributed by atoms with Gasteiger partial charge in [0, 0.05) is 30.0 Å². The molecule has 0 unspecified atom stereocenters. The van der Waals surface area contributed by atoms with E-state index < -0.39 is 16.9 Å². The highest BCUT2D eigenvalue weighted by Crippen LogP contribution is 2.40. The van der Waals surface area contributed by atoms with E-state index in [2.05, 4.69) is 15.6 Å². The van der Waals surface area contributed by atoms with Crippen molar-refractivity contribution in [2.45, 2.75) is 33.1 Å². The number of urea groups is 1. The van der Waals surface area contributed by atoms with E-state index in [1.165, 1.54) is 12.1 Å². The Morgan fingerprint density at radius 3 is 2.59 bits per heavy atom. The normalized spacial score (nSPS) is 13.2. The molecule has 1 aliphatic heterocycles. The van der Waals surface area contributed by atoms with Crippen LogP contribution < -0.4 is 15.5 Å². The molecule has 192 valence electrons. The Kier molecular flexibility index (Phi) is 7.77. The van der Waals surface area contributed by atoms with Gasteiger partial charge in [-0.3, -0.25) is 30.4 Å². The Labute approximate surface area is 216 Å². The molecule has 0 bridgehead atoms. The van der Waals surface area contributed by atoms with Crippen molar-refractivity contribution in [1.29, 1.82) is 0 Å². The molecule has 0 aliphatic carbocycles. The largest absolute Gasteiger partial charge is 0.462 e. The van der Waals surface area contributed by atoms with E-state index in [-0.39, 0.29) is 34.6 Å². The highest BCUT2D eigenvalue weighted by Gasteiger charge is 2.25. The molecule has 0 atom stereocenters. The Hall–Kier alpha value is -4.32. The number of benzene rings is 1. The second kappa shape index (κ2) is 11.2. The summed E-state index contributed by atoms with van der Waals surface area (Å²) in [5, 5.41) is 16.6. The van der Waals surface area contributed by atoms with Gasteiger partial charge in [0.05, 0.1) is 17.1 Å². The SMILES string of the molecule is CCOC(=O)c1c(NC(=O)Nc2cccc(N3CCCCC3=O)n2)sc(-c2ccc([N+](=O)[O-])cc2)c1C. The van der Waals surface area contributed by atoms with Gasteiger partial charge in [-0.25, -0.2) is 14.6 Å². The van der Waals surface area contributed by atoms with Gasteiger partial charge in [0.25, 0.3) is 5.69 Å². The fourth-order valence-electron chi connectivity index (χ4n) is 4.00. The summed E-state index contributed by atoms with van der Waals surface area (Å²) in [6.45, 7) is 4.13. The summed E-state index contributed by atoms with van der Waals surface area (Å²) in [4.78, 5) is 55.0. The quantitative estimate of drug-likeness (QED) is 0.241. The highest BCUT2D eigenvalue weighted by atomic mass is 32.1. The van der Waals surface area contributed by atoms with Gasteiger partial charge in [-0.15, -0.1) is 11.3 Å². The molecule has 1 saturated heterocycles. The molecule has 11 nitrogen and oxygen atoms in total. The van der Waals surface area contributed by atoms with E-state index in [0.717, 1.165) is 24.2 Å². The summed E-state index contributed by atoms with van der Waals surface area (Å²) in [6.07, 6.45) is 2.20. The lowest BCUT2D eigenvalue weighted by atomic mass is 10.1. The molecule has 3 heterocycles. The molecule has 3 amide bonds. The third-order valence-electron chi connectivity index (χ3n) is 5.77. The van der Waals surface area contributed by atoms with Crippen LogP contribution in [-0.2, 0) is 9.53 Å². The predicted molar refractivity (Wildman–Crippen MR) is 140 cm³/mol. The van der Waals surface area contributed by atoms with Gasteiger partial charge in [-0.2, -0.15) is 0 Å². The van der Waals surface area contributed by atoms with Crippen molar-refractivity contribution >= 4 is 51.6 Å². The number of nitrogens with zero attached hydrogens (tertiary/aromatic N) is 3. The maximum Gasteiger partial charge on any atom is 0.341 e. The third-order valence-corrected chi connectivity index (χ3v) is 7.03. The lowest BCUT2D eigenvalue weighted by Gasteiger charge is -2.25. The van der Waals surface area contributed by atoms with E-state index in [1.54, 1.807) is 49.1 Å². The monoisotopic (exact) mass is 523 g/mol. The molecular formula is C25H25N5O6S. The molecule has 1 aromatic carbocycles. The molecule has 1 aliphatic rings. The minimum atomic E-state index is -0.628. The van der Waals surface area contributed by atoms with Crippen LogP contribution in [0, 0.1) is 17.0 Å². The fraction of sp³-hybridized carbons (Fsp3) is 0.280. The fourth-order valence-corrected chi connectivity index (χ4v) is 5.20. The molecule has 0 radical (unpaired) electrons. The van der Waals surface area contributed by atoms with Gasteiger partial charge < -0.3 is 4.74 Å². The van der Waals surface area contributed by atoms with Crippen LogP contribution in [0.4, 0.5) is 27.1 Å². The molecule has 2 aromatic heterocycles. The highest BCUT2D eigenvalue weighted by molar-refractivity contribution is 7.20. The standard InChI is InChI=1S/C25H25N5O6S/c1-3-36-24(32)21-15(2)22(16-10-12-17(13-11-16)30(34)35)37-23(21)28-25(33)27-18-7-6-8-19(26-18)29-14-5-4-9-20(29)31/h6-8,10-13H,3-5,9,14H2,1-2H3,(H2,26,27,28,33). The first kappa shape index (κ1) is 25.8. The van der Waals surface area contributed by atoms with Gasteiger partial charge in [-0.1, -0.05) is 6.07 Å². The van der Waals surface area contributed by atoms with Crippen LogP contribution in [0.2, 0.25) is 0 Å². The van der Waals surface area contributed by atoms with Crippen LogP contribution in [0.5, 0.6) is 0 Å². The lowest BCUT2D eigenvalue weighted by molar-refractivity contribution is -0.384. The minimum Gasteiger partial charge on any atom is -0.462 e. The Morgan fingerprint density at radius 2 is 1.92 bits per heavy atom. The number of carbonyl (C=O) groups excluding carboxylic acids is 3. The molecule has 0 spiro atoms. The topological polar surface area (TPSA) is 144 Å². The number of amides is 3. The van der Waals surface area contributed by atoms with Gasteiger partial charge in [0.1, 0.15) is 16.6 Å². The number of anilines is 3. The van der Waals surface area contributed by atoms with E-state index in [0.29, 0.717) is 34.8 Å². The van der Waals surface area contributed by atoms with Crippen LogP contribution in [0.3, 0.4) is 0 Å². The number of nitro benzene ring substituents is 1. The molecule has 1 fully saturated rings. The minimum absolute atomic E-state index is 0.00716. The van der Waals surface area contributed by atoms with Gasteiger partial charge >= 0.3 is 12.0 Å². The molecule has 37 heavy (non-hydrogen) atoms. The molecular weight excluding hydrogens is 498 g/mol. The molecule has 2 N–H and O–H groups in total. The zero-order chi connectivity index (χ0) is 26.5. The number of esters is 1. The summed E-state index contributed by atoms with van der Waals surface area (Å²) in [5.74, 6) is 0.104. The first-order valence-corrected chi connectivity index (χ1v) is 12.5. The number of ether oxygens (including phenoxy) is 1. The van der Waals surface area contributed by atoms with Crippen LogP contribution in [0.25, 0.3) is 10.4 Å². The summed E-state index contributed by atoms with van der Waals surface area (Å²) in [5.41, 5.74) is 1.39. The molecule has 3 aromatic rings. The number of nitro groups is 1. The maximum absolute atomic E-state index is 12.9. The van der Waals surface area contributed by atoms with E-state index in [4.69, 9.17) is 4.74 Å². The Bertz CT molecular complexity index is 1350. The van der Waals surface area contributed by atoms with Crippen LogP contribution in [0.1, 0.15) is 42.1 Å². The van der Waals surface area contributed by atoms with E-state index in [1.807, 2.05) is 0 Å². The van der Waals surface area contributed by atoms with Crippen LogP contribution in [0.15, 0.2) is 42.5 Å². The summed E-state index contributed by atoms with van der Waals surface area (Å²) in [6, 6.07) is 10.3. The van der Waals surface area contributed by atoms with E-state index >= 15 is 0 Å². The summed E-state index contributed by atoms with van der Waals surface area (Å²) >= 11 is 1.16. The number of rotatable bonds is 7. The second-order valence-electron chi connectivity index (χ2n) is 8.25. The molecule has 4 rings (SSSR count). The van der Waals surface area contributed by atoms with Crippen molar-refractivity contribution < 1.29 is 24.0 Å². The van der Waals surface area contributed by atoms with Crippen LogP contribution >= 0.6 is 11.3 Å². The average molecular weight is 524 g/mol. The second-order valence-corrected chi connectivity index (χ2v) is 9.27. The maximum atomic E-state index is 12.9. The number of non-ortho nitro benzene ring substituents is 1. The number of nitrogens with one attached hydrogen (secondary N) is 2. The summed E-state index contributed by atoms with van der Waals surface area (Å²) < 4.78 is 5.20. The Morgan fingerprint density at radius 1 is 1.16 bits per heavy atom. The molecule has 0 saturated carbocycles. The van der Waals surface area contributed by atoms with Crippen molar-refractivity contribution in [3.05, 3.63) is 63.7 Å². The molecule has 12 heteroatoms. The Balaban J connectivity index is 1.58. The van der Waals surface area contributed by atoms with Gasteiger partial charge in [0.2, 0.25) is 5.91 Å². The van der Waals surface area contributed by atoms with Gasteiger partial charge in [0.15, 0.2) is 0 Å². The third kappa shape index (κ3) is 5.75. The number of pyridine rings is 1. The smallest absolute Gasteiger partial charge is 0.341 e. The van der Waals surface area contributed by atoms with Crippen molar-refractivity contribution in [3.8, 4) is 10.4 Å². The van der Waals surface area contributed by atoms with Crippen molar-refractivity contribution in [2.75, 3.05) is 28.7 Å². The van der Waals surface area contributed by atoms with E-state index in [9.17, 15) is 24.5 Å². The first-order valence-electron chi connectivity index (χ1n) is 11.7. The zero-order valence-corrected chi connectivity index (χ0v) is 21.1. The lowest BCUT2D eigenvalue weighted by Crippen LogP contribution is -2.35. The average Bonchev–Trinajstić information content (AvgIpc) is 3.20. The first-order chi connectivity index (χ1) is 17.8. The number of hydrogen-bond donors (Lipinski definition) is 2. The number of hydrogen-bond acceptors (Lipinski definition) is 8. The predicted octanol–water partition coefficient (Wildman–Crippen LogP) is 5.36. The van der Waals surface area contributed by atoms with Crippen LogP contribution in [-0.4, -0.2) is 41.0 Å². The van der Waals surface area contributed by atoms with Crippen molar-refractivity contribution in [1.82, 2.24) is 4.98 Å². The number of carbonyl (C=O) groups is 3. The number of piperidine rings is 1. The number of aromatic nitrogens is 1. The van der Waals surface area contributed by atoms with Crippen molar-refractivity contribution in [3.63, 3.8) is 0 Å². The zero-order valence-electron chi connectivity index (χ0n) is 20.3. The number of thiophene rings is 1. The summed E-state index contributed by atoms with van der Waals surface area (Å²) in [7, 11) is 0. The van der Waals surface area contributed by atoms with Gasteiger partial charge in [-0.05, 0) is 62.1 Å².